The summed E-state index contributed by atoms with van der Waals surface area (Å²) in [7, 11) is 3.14. The number of hydrogen-bond donors (Lipinski definition) is 0. The van der Waals surface area contributed by atoms with E-state index in [0.29, 0.717) is 0 Å². The highest BCUT2D eigenvalue weighted by atomic mass is 16.7. The van der Waals surface area contributed by atoms with Crippen molar-refractivity contribution in [3.63, 3.8) is 0 Å². The zero-order valence-corrected chi connectivity index (χ0v) is 10.8. The number of rotatable bonds is 6. The molecular weight excluding hydrogens is 244 g/mol. The predicted octanol–water partition coefficient (Wildman–Crippen LogP) is 2.43. The molecule has 0 aromatic heterocycles. The second-order valence-electron chi connectivity index (χ2n) is 3.61. The lowest BCUT2D eigenvalue weighted by atomic mass is 10.1. The fourth-order valence-electron chi connectivity index (χ4n) is 1.44. The van der Waals surface area contributed by atoms with Gasteiger partial charge in [0.25, 0.3) is 0 Å². The van der Waals surface area contributed by atoms with Gasteiger partial charge in [0.2, 0.25) is 0 Å². The van der Waals surface area contributed by atoms with E-state index in [1.165, 1.54) is 0 Å². The number of ether oxygens (including phenoxy) is 3. The maximum absolute atomic E-state index is 8.53. The summed E-state index contributed by atoms with van der Waals surface area (Å²) < 4.78 is 15.4. The van der Waals surface area contributed by atoms with Crippen molar-refractivity contribution in [3.05, 3.63) is 47.2 Å². The van der Waals surface area contributed by atoms with Crippen molar-refractivity contribution in [3.8, 4) is 12.1 Å². The van der Waals surface area contributed by atoms with Crippen molar-refractivity contribution in [1.82, 2.24) is 0 Å². The van der Waals surface area contributed by atoms with E-state index in [9.17, 15) is 0 Å². The van der Waals surface area contributed by atoms with E-state index in [0.717, 1.165) is 17.4 Å². The molecule has 0 radical (unpaired) electrons. The van der Waals surface area contributed by atoms with Crippen LogP contribution in [0.5, 0.6) is 0 Å². The Kier molecular flexibility index (Phi) is 6.11. The van der Waals surface area contributed by atoms with Crippen molar-refractivity contribution in [1.29, 1.82) is 10.5 Å². The maximum Gasteiger partial charge on any atom is 0.183 e. The monoisotopic (exact) mass is 258 g/mol. The van der Waals surface area contributed by atoms with Crippen LogP contribution in [0.25, 0.3) is 0 Å². The van der Waals surface area contributed by atoms with E-state index in [4.69, 9.17) is 24.7 Å². The van der Waals surface area contributed by atoms with Crippen LogP contribution in [0.4, 0.5) is 0 Å². The van der Waals surface area contributed by atoms with Gasteiger partial charge in [0, 0.05) is 19.8 Å². The molecule has 5 nitrogen and oxygen atoms in total. The van der Waals surface area contributed by atoms with Gasteiger partial charge in [-0.25, -0.2) is 0 Å². The van der Waals surface area contributed by atoms with Gasteiger partial charge in [-0.15, -0.1) is 0 Å². The fraction of sp³-hybridized carbons (Fsp3) is 0.286. The van der Waals surface area contributed by atoms with Crippen LogP contribution in [0.2, 0.25) is 0 Å². The van der Waals surface area contributed by atoms with E-state index in [1.807, 2.05) is 24.3 Å². The standard InChI is InChI=1S/C14H14N2O3/c1-17-14(18-2)13-5-3-11(4-6-13)9-19-10-12(7-15)8-16/h3-6,10,14H,9H2,1-2H3. The smallest absolute Gasteiger partial charge is 0.183 e. The van der Waals surface area contributed by atoms with Crippen LogP contribution in [-0.2, 0) is 20.8 Å². The number of hydrogen-bond acceptors (Lipinski definition) is 5. The van der Waals surface area contributed by atoms with Gasteiger partial charge in [0.15, 0.2) is 11.9 Å². The lowest BCUT2D eigenvalue weighted by molar-refractivity contribution is -0.106. The molecule has 19 heavy (non-hydrogen) atoms. The first kappa shape index (κ1) is 14.7. The largest absolute Gasteiger partial charge is 0.494 e. The second-order valence-corrected chi connectivity index (χ2v) is 3.61. The highest BCUT2D eigenvalue weighted by Gasteiger charge is 2.07. The molecule has 0 bridgehead atoms. The van der Waals surface area contributed by atoms with Crippen molar-refractivity contribution < 1.29 is 14.2 Å². The molecule has 0 atom stereocenters. The van der Waals surface area contributed by atoms with Gasteiger partial charge < -0.3 is 14.2 Å². The Bertz CT molecular complexity index is 489. The van der Waals surface area contributed by atoms with Gasteiger partial charge >= 0.3 is 0 Å². The van der Waals surface area contributed by atoms with E-state index in [-0.39, 0.29) is 12.2 Å². The van der Waals surface area contributed by atoms with Crippen LogP contribution in [0, 0.1) is 22.7 Å². The van der Waals surface area contributed by atoms with Crippen molar-refractivity contribution in [2.45, 2.75) is 12.9 Å². The molecule has 0 spiro atoms. The molecule has 0 heterocycles. The molecule has 0 saturated heterocycles. The zero-order chi connectivity index (χ0) is 14.1. The number of allylic oxidation sites excluding steroid dienone is 1. The van der Waals surface area contributed by atoms with Crippen LogP contribution in [0.15, 0.2) is 36.1 Å². The quantitative estimate of drug-likeness (QED) is 0.445. The molecule has 1 aromatic rings. The predicted molar refractivity (Wildman–Crippen MR) is 67.3 cm³/mol. The minimum absolute atomic E-state index is 0.0598. The van der Waals surface area contributed by atoms with Crippen molar-refractivity contribution >= 4 is 0 Å². The SMILES string of the molecule is COC(OC)c1ccc(COC=C(C#N)C#N)cc1. The molecule has 5 heteroatoms. The zero-order valence-electron chi connectivity index (χ0n) is 10.8. The Morgan fingerprint density at radius 2 is 1.74 bits per heavy atom. The molecule has 0 aliphatic rings. The molecule has 1 rings (SSSR count). The van der Waals surface area contributed by atoms with Gasteiger partial charge in [-0.1, -0.05) is 24.3 Å². The van der Waals surface area contributed by atoms with E-state index in [1.54, 1.807) is 26.4 Å². The highest BCUT2D eigenvalue weighted by Crippen LogP contribution is 2.17. The molecule has 0 amide bonds. The lowest BCUT2D eigenvalue weighted by Crippen LogP contribution is -2.03. The fourth-order valence-corrected chi connectivity index (χ4v) is 1.44. The van der Waals surface area contributed by atoms with E-state index >= 15 is 0 Å². The summed E-state index contributed by atoms with van der Waals surface area (Å²) in [5.74, 6) is 0. The maximum atomic E-state index is 8.53. The van der Waals surface area contributed by atoms with Gasteiger partial charge in [-0.3, -0.25) is 0 Å². The third kappa shape index (κ3) is 4.44. The van der Waals surface area contributed by atoms with Crippen LogP contribution in [0.3, 0.4) is 0 Å². The third-order valence-corrected chi connectivity index (χ3v) is 2.37. The van der Waals surface area contributed by atoms with Crippen LogP contribution >= 0.6 is 0 Å². The molecule has 0 aliphatic heterocycles. The van der Waals surface area contributed by atoms with Crippen molar-refractivity contribution in [2.75, 3.05) is 14.2 Å². The summed E-state index contributed by atoms with van der Waals surface area (Å²) in [6.07, 6.45) is 0.764. The van der Waals surface area contributed by atoms with E-state index in [2.05, 4.69) is 0 Å². The first-order valence-electron chi connectivity index (χ1n) is 5.51. The minimum Gasteiger partial charge on any atom is -0.494 e. The summed E-state index contributed by atoms with van der Waals surface area (Å²) in [6.45, 7) is 0.289. The topological polar surface area (TPSA) is 75.3 Å². The summed E-state index contributed by atoms with van der Waals surface area (Å²) in [5, 5.41) is 17.1. The first-order valence-corrected chi connectivity index (χ1v) is 5.51. The summed E-state index contributed by atoms with van der Waals surface area (Å²) >= 11 is 0. The molecule has 0 saturated carbocycles. The van der Waals surface area contributed by atoms with Crippen LogP contribution in [-0.4, -0.2) is 14.2 Å². The molecule has 0 aliphatic carbocycles. The lowest BCUT2D eigenvalue weighted by Gasteiger charge is -2.13. The Balaban J connectivity index is 2.61. The molecule has 1 aromatic carbocycles. The van der Waals surface area contributed by atoms with Gasteiger partial charge in [0.05, 0.1) is 0 Å². The normalized spacial score (nSPS) is 9.53. The third-order valence-electron chi connectivity index (χ3n) is 2.37. The summed E-state index contributed by atoms with van der Waals surface area (Å²) in [6, 6.07) is 10.9. The molecule has 98 valence electrons. The van der Waals surface area contributed by atoms with Crippen LogP contribution < -0.4 is 0 Å². The van der Waals surface area contributed by atoms with Crippen LogP contribution in [0.1, 0.15) is 17.4 Å². The minimum atomic E-state index is -0.390. The number of nitriles is 2. The Labute approximate surface area is 112 Å². The van der Waals surface area contributed by atoms with E-state index < -0.39 is 6.29 Å². The second kappa shape index (κ2) is 7.88. The Hall–Kier alpha value is -2.34. The summed E-state index contributed by atoms with van der Waals surface area (Å²) in [5.41, 5.74) is 1.76. The number of benzene rings is 1. The van der Waals surface area contributed by atoms with Gasteiger partial charge in [0.1, 0.15) is 25.0 Å². The molecular formula is C14H14N2O3. The Morgan fingerprint density at radius 1 is 1.16 bits per heavy atom. The molecule has 0 N–H and O–H groups in total. The Morgan fingerprint density at radius 3 is 2.21 bits per heavy atom. The highest BCUT2D eigenvalue weighted by molar-refractivity contribution is 5.33. The number of methoxy groups -OCH3 is 2. The summed E-state index contributed by atoms with van der Waals surface area (Å²) in [4.78, 5) is 0. The molecule has 0 fully saturated rings. The average Bonchev–Trinajstić information content (AvgIpc) is 2.46. The van der Waals surface area contributed by atoms with Gasteiger partial charge in [-0.2, -0.15) is 10.5 Å². The number of nitrogens with zero attached hydrogens (tertiary/aromatic N) is 2. The van der Waals surface area contributed by atoms with Gasteiger partial charge in [-0.05, 0) is 5.56 Å². The van der Waals surface area contributed by atoms with Crippen molar-refractivity contribution in [2.24, 2.45) is 0 Å². The molecule has 0 unspecified atom stereocenters. The average molecular weight is 258 g/mol. The first-order chi connectivity index (χ1) is 9.24.